The van der Waals surface area contributed by atoms with Gasteiger partial charge in [0.25, 0.3) is 0 Å². The summed E-state index contributed by atoms with van der Waals surface area (Å²) in [5.41, 5.74) is 1.69. The van der Waals surface area contributed by atoms with Gasteiger partial charge in [-0.15, -0.1) is 0 Å². The van der Waals surface area contributed by atoms with Crippen LogP contribution in [0.4, 0.5) is 10.5 Å². The molecule has 112 valence electrons. The predicted molar refractivity (Wildman–Crippen MR) is 84.4 cm³/mol. The lowest BCUT2D eigenvalue weighted by Crippen LogP contribution is -2.30. The van der Waals surface area contributed by atoms with Crippen molar-refractivity contribution in [2.24, 2.45) is 0 Å². The van der Waals surface area contributed by atoms with Crippen LogP contribution < -0.4 is 14.8 Å². The van der Waals surface area contributed by atoms with Gasteiger partial charge in [0.2, 0.25) is 0 Å². The average Bonchev–Trinajstić information content (AvgIpc) is 2.99. The monoisotopic (exact) mass is 306 g/mol. The Kier molecular flexibility index (Phi) is 5.05. The third kappa shape index (κ3) is 3.88. The lowest BCUT2D eigenvalue weighted by Gasteiger charge is -2.19. The smallest absolute Gasteiger partial charge is 0.321 e. The van der Waals surface area contributed by atoms with Gasteiger partial charge in [0.15, 0.2) is 0 Å². The van der Waals surface area contributed by atoms with Crippen LogP contribution in [0.15, 0.2) is 35.0 Å². The van der Waals surface area contributed by atoms with Crippen molar-refractivity contribution in [3.05, 3.63) is 40.6 Å². The highest BCUT2D eigenvalue weighted by Gasteiger charge is 2.13. The van der Waals surface area contributed by atoms with E-state index in [1.165, 1.54) is 0 Å². The summed E-state index contributed by atoms with van der Waals surface area (Å²) in [5.74, 6) is 1.25. The molecule has 21 heavy (non-hydrogen) atoms. The van der Waals surface area contributed by atoms with Crippen LogP contribution in [0.3, 0.4) is 0 Å². The van der Waals surface area contributed by atoms with Crippen LogP contribution in [-0.2, 0) is 6.54 Å². The molecule has 1 N–H and O–H groups in total. The minimum atomic E-state index is -0.201. The van der Waals surface area contributed by atoms with Gasteiger partial charge in [-0.1, -0.05) is 0 Å². The molecule has 0 atom stereocenters. The fourth-order valence-corrected chi connectivity index (χ4v) is 2.51. The Labute approximate surface area is 128 Å². The Bertz CT molecular complexity index is 599. The molecule has 0 bridgehead atoms. The number of carbonyl (C=O) groups is 1. The van der Waals surface area contributed by atoms with Crippen LogP contribution in [0.25, 0.3) is 0 Å². The maximum atomic E-state index is 12.2. The zero-order valence-corrected chi connectivity index (χ0v) is 13.1. The Morgan fingerprint density at radius 2 is 2.10 bits per heavy atom. The zero-order chi connectivity index (χ0) is 15.2. The molecular formula is C15H18N2O3S. The standard InChI is InChI=1S/C15H18N2O3S/c1-17(9-11-6-7-21-10-11)15(18)16-13-8-12(19-2)4-5-14(13)20-3/h4-8,10H,9H2,1-3H3,(H,16,18). The second kappa shape index (κ2) is 6.99. The maximum absolute atomic E-state index is 12.2. The molecule has 5 nitrogen and oxygen atoms in total. The van der Waals surface area contributed by atoms with Crippen LogP contribution in [0.2, 0.25) is 0 Å². The maximum Gasteiger partial charge on any atom is 0.321 e. The Balaban J connectivity index is 2.07. The molecule has 0 spiro atoms. The lowest BCUT2D eigenvalue weighted by molar-refractivity contribution is 0.220. The van der Waals surface area contributed by atoms with Gasteiger partial charge in [-0.2, -0.15) is 11.3 Å². The van der Waals surface area contributed by atoms with E-state index in [1.807, 2.05) is 16.8 Å². The van der Waals surface area contributed by atoms with Crippen molar-refractivity contribution >= 4 is 23.1 Å². The van der Waals surface area contributed by atoms with Gasteiger partial charge < -0.3 is 19.7 Å². The van der Waals surface area contributed by atoms with Crippen molar-refractivity contribution in [1.29, 1.82) is 0 Å². The number of amides is 2. The predicted octanol–water partition coefficient (Wildman–Crippen LogP) is 3.43. The van der Waals surface area contributed by atoms with E-state index < -0.39 is 0 Å². The molecule has 2 aromatic rings. The normalized spacial score (nSPS) is 10.0. The number of carbonyl (C=O) groups excluding carboxylic acids is 1. The number of anilines is 1. The molecule has 0 aliphatic heterocycles. The zero-order valence-electron chi connectivity index (χ0n) is 12.3. The van der Waals surface area contributed by atoms with Gasteiger partial charge in [-0.3, -0.25) is 0 Å². The van der Waals surface area contributed by atoms with E-state index >= 15 is 0 Å². The summed E-state index contributed by atoms with van der Waals surface area (Å²) in [6.45, 7) is 0.557. The molecule has 0 aliphatic carbocycles. The third-order valence-corrected chi connectivity index (χ3v) is 3.73. The molecule has 0 saturated heterocycles. The second-order valence-corrected chi connectivity index (χ2v) is 5.26. The van der Waals surface area contributed by atoms with Crippen LogP contribution >= 0.6 is 11.3 Å². The molecule has 1 aromatic heterocycles. The number of rotatable bonds is 5. The molecule has 2 amide bonds. The van der Waals surface area contributed by atoms with Crippen molar-refractivity contribution in [2.75, 3.05) is 26.6 Å². The summed E-state index contributed by atoms with van der Waals surface area (Å²) in [6, 6.07) is 7.07. The number of hydrogen-bond acceptors (Lipinski definition) is 4. The highest BCUT2D eigenvalue weighted by atomic mass is 32.1. The first-order valence-electron chi connectivity index (χ1n) is 6.39. The second-order valence-electron chi connectivity index (χ2n) is 4.48. The first-order chi connectivity index (χ1) is 10.1. The Hall–Kier alpha value is -2.21. The first-order valence-corrected chi connectivity index (χ1v) is 7.33. The van der Waals surface area contributed by atoms with Crippen molar-refractivity contribution < 1.29 is 14.3 Å². The van der Waals surface area contributed by atoms with Crippen LogP contribution in [0.5, 0.6) is 11.5 Å². The molecule has 1 aromatic carbocycles. The summed E-state index contributed by atoms with van der Waals surface area (Å²) in [4.78, 5) is 13.8. The Morgan fingerprint density at radius 1 is 1.29 bits per heavy atom. The highest BCUT2D eigenvalue weighted by molar-refractivity contribution is 7.07. The van der Waals surface area contributed by atoms with E-state index in [2.05, 4.69) is 5.32 Å². The van der Waals surface area contributed by atoms with Gasteiger partial charge in [-0.05, 0) is 34.5 Å². The number of nitrogens with one attached hydrogen (secondary N) is 1. The number of benzene rings is 1. The summed E-state index contributed by atoms with van der Waals surface area (Å²) >= 11 is 1.61. The fourth-order valence-electron chi connectivity index (χ4n) is 1.85. The molecule has 0 fully saturated rings. The fraction of sp³-hybridized carbons (Fsp3) is 0.267. The van der Waals surface area contributed by atoms with Crippen molar-refractivity contribution in [3.8, 4) is 11.5 Å². The topological polar surface area (TPSA) is 50.8 Å². The number of hydrogen-bond donors (Lipinski definition) is 1. The van der Waals surface area contributed by atoms with Gasteiger partial charge in [0.1, 0.15) is 11.5 Å². The highest BCUT2D eigenvalue weighted by Crippen LogP contribution is 2.29. The largest absolute Gasteiger partial charge is 0.497 e. The summed E-state index contributed by atoms with van der Waals surface area (Å²) in [5, 5.41) is 6.85. The van der Waals surface area contributed by atoms with Gasteiger partial charge >= 0.3 is 6.03 Å². The van der Waals surface area contributed by atoms with Crippen LogP contribution in [-0.4, -0.2) is 32.2 Å². The third-order valence-electron chi connectivity index (χ3n) is 2.99. The summed E-state index contributed by atoms with van der Waals surface area (Å²) < 4.78 is 10.4. The molecule has 1 heterocycles. The number of thiophene rings is 1. The van der Waals surface area contributed by atoms with E-state index in [0.717, 1.165) is 5.56 Å². The number of methoxy groups -OCH3 is 2. The van der Waals surface area contributed by atoms with E-state index in [9.17, 15) is 4.79 Å². The van der Waals surface area contributed by atoms with Gasteiger partial charge in [0.05, 0.1) is 19.9 Å². The van der Waals surface area contributed by atoms with Crippen molar-refractivity contribution in [1.82, 2.24) is 4.90 Å². The summed E-state index contributed by atoms with van der Waals surface area (Å²) in [7, 11) is 4.89. The number of ether oxygens (including phenoxy) is 2. The lowest BCUT2D eigenvalue weighted by atomic mass is 10.2. The minimum Gasteiger partial charge on any atom is -0.497 e. The van der Waals surface area contributed by atoms with Crippen molar-refractivity contribution in [3.63, 3.8) is 0 Å². The number of urea groups is 1. The van der Waals surface area contributed by atoms with Crippen molar-refractivity contribution in [2.45, 2.75) is 6.54 Å². The average molecular weight is 306 g/mol. The molecule has 0 saturated carbocycles. The quantitative estimate of drug-likeness (QED) is 0.920. The van der Waals surface area contributed by atoms with Gasteiger partial charge in [0, 0.05) is 19.7 Å². The minimum absolute atomic E-state index is 0.201. The molecule has 2 rings (SSSR count). The van der Waals surface area contributed by atoms with E-state index in [0.29, 0.717) is 23.7 Å². The van der Waals surface area contributed by atoms with E-state index in [1.54, 1.807) is 55.7 Å². The SMILES string of the molecule is COc1ccc(OC)c(NC(=O)N(C)Cc2ccsc2)c1. The molecule has 0 aliphatic rings. The molecule has 6 heteroatoms. The van der Waals surface area contributed by atoms with Crippen LogP contribution in [0, 0.1) is 0 Å². The van der Waals surface area contributed by atoms with E-state index in [4.69, 9.17) is 9.47 Å². The summed E-state index contributed by atoms with van der Waals surface area (Å²) in [6.07, 6.45) is 0. The Morgan fingerprint density at radius 3 is 2.71 bits per heavy atom. The molecular weight excluding hydrogens is 288 g/mol. The van der Waals surface area contributed by atoms with Gasteiger partial charge in [-0.25, -0.2) is 4.79 Å². The molecule has 0 unspecified atom stereocenters. The van der Waals surface area contributed by atoms with E-state index in [-0.39, 0.29) is 6.03 Å². The van der Waals surface area contributed by atoms with Crippen LogP contribution in [0.1, 0.15) is 5.56 Å². The number of nitrogens with zero attached hydrogens (tertiary/aromatic N) is 1. The molecule has 0 radical (unpaired) electrons. The first kappa shape index (κ1) is 15.2.